The highest BCUT2D eigenvalue weighted by atomic mass is 32.2. The van der Waals surface area contributed by atoms with Crippen LogP contribution in [0, 0.1) is 0 Å². The van der Waals surface area contributed by atoms with Crippen LogP contribution in [0.1, 0.15) is 6.42 Å². The second-order valence-electron chi connectivity index (χ2n) is 6.09. The number of hydrogen-bond donors (Lipinski definition) is 0. The lowest BCUT2D eigenvalue weighted by molar-refractivity contribution is 0.194. The molecule has 0 amide bonds. The largest absolute Gasteiger partial charge is 0.477 e. The molecule has 3 heterocycles. The van der Waals surface area contributed by atoms with Gasteiger partial charge in [0.25, 0.3) is 11.8 Å². The molecule has 2 aromatic heterocycles. The van der Waals surface area contributed by atoms with E-state index >= 15 is 0 Å². The molecule has 0 N–H and O–H groups in total. The third kappa shape index (κ3) is 3.31. The maximum absolute atomic E-state index is 13.1. The fourth-order valence-corrected chi connectivity index (χ4v) is 4.78. The Bertz CT molecular complexity index is 1070. The SMILES string of the molecule is COc1nccnc1OC1CCN(S(=O)(=O)c2cccc3cccnc23)C1. The molecule has 140 valence electrons. The average Bonchev–Trinajstić information content (AvgIpc) is 3.17. The van der Waals surface area contributed by atoms with Crippen molar-refractivity contribution in [2.75, 3.05) is 20.2 Å². The van der Waals surface area contributed by atoms with E-state index in [0.717, 1.165) is 5.39 Å². The van der Waals surface area contributed by atoms with Crippen molar-refractivity contribution in [3.8, 4) is 11.8 Å². The summed E-state index contributed by atoms with van der Waals surface area (Å²) in [6.07, 6.45) is 4.83. The number of fused-ring (bicyclic) bond motifs is 1. The normalized spacial score (nSPS) is 17.9. The maximum Gasteiger partial charge on any atom is 0.278 e. The highest BCUT2D eigenvalue weighted by Crippen LogP contribution is 2.29. The highest BCUT2D eigenvalue weighted by Gasteiger charge is 2.35. The molecule has 0 bridgehead atoms. The van der Waals surface area contributed by atoms with Crippen LogP contribution in [0.3, 0.4) is 0 Å². The van der Waals surface area contributed by atoms with E-state index in [9.17, 15) is 8.42 Å². The smallest absolute Gasteiger partial charge is 0.278 e. The van der Waals surface area contributed by atoms with E-state index < -0.39 is 10.0 Å². The summed E-state index contributed by atoms with van der Waals surface area (Å²) in [5.74, 6) is 0.535. The summed E-state index contributed by atoms with van der Waals surface area (Å²) in [6.45, 7) is 0.587. The molecule has 1 fully saturated rings. The van der Waals surface area contributed by atoms with E-state index in [4.69, 9.17) is 9.47 Å². The van der Waals surface area contributed by atoms with E-state index in [-0.39, 0.29) is 29.3 Å². The number of benzene rings is 1. The van der Waals surface area contributed by atoms with Gasteiger partial charge in [-0.1, -0.05) is 18.2 Å². The quantitative estimate of drug-likeness (QED) is 0.661. The second kappa shape index (κ2) is 7.09. The lowest BCUT2D eigenvalue weighted by Gasteiger charge is -2.18. The number of aromatic nitrogens is 3. The Balaban J connectivity index is 1.57. The van der Waals surface area contributed by atoms with E-state index in [0.29, 0.717) is 18.5 Å². The third-order valence-electron chi connectivity index (χ3n) is 4.43. The lowest BCUT2D eigenvalue weighted by Crippen LogP contribution is -2.31. The van der Waals surface area contributed by atoms with Gasteiger partial charge in [0.15, 0.2) is 0 Å². The van der Waals surface area contributed by atoms with Crippen LogP contribution in [-0.2, 0) is 10.0 Å². The van der Waals surface area contributed by atoms with Gasteiger partial charge in [-0.3, -0.25) is 4.98 Å². The predicted octanol–water partition coefficient (Wildman–Crippen LogP) is 1.88. The number of ether oxygens (including phenoxy) is 2. The van der Waals surface area contributed by atoms with Crippen LogP contribution < -0.4 is 9.47 Å². The summed E-state index contributed by atoms with van der Waals surface area (Å²) in [6, 6.07) is 8.79. The molecule has 1 unspecified atom stereocenters. The number of nitrogens with zero attached hydrogens (tertiary/aromatic N) is 4. The summed E-state index contributed by atoms with van der Waals surface area (Å²) < 4.78 is 38.7. The molecule has 27 heavy (non-hydrogen) atoms. The molecule has 1 aromatic carbocycles. The third-order valence-corrected chi connectivity index (χ3v) is 6.32. The Morgan fingerprint density at radius 2 is 1.81 bits per heavy atom. The maximum atomic E-state index is 13.1. The molecule has 0 aliphatic carbocycles. The van der Waals surface area contributed by atoms with Gasteiger partial charge in [-0.25, -0.2) is 18.4 Å². The molecule has 1 atom stereocenters. The van der Waals surface area contributed by atoms with Crippen LogP contribution in [0.2, 0.25) is 0 Å². The van der Waals surface area contributed by atoms with E-state index in [1.807, 2.05) is 12.1 Å². The van der Waals surface area contributed by atoms with Gasteiger partial charge < -0.3 is 9.47 Å². The Kier molecular flexibility index (Phi) is 4.63. The number of sulfonamides is 1. The summed E-state index contributed by atoms with van der Waals surface area (Å²) in [7, 11) is -2.20. The van der Waals surface area contributed by atoms with Crippen LogP contribution in [0.4, 0.5) is 0 Å². The van der Waals surface area contributed by atoms with Gasteiger partial charge in [0.2, 0.25) is 10.0 Å². The van der Waals surface area contributed by atoms with Crippen molar-refractivity contribution in [2.45, 2.75) is 17.4 Å². The summed E-state index contributed by atoms with van der Waals surface area (Å²) >= 11 is 0. The van der Waals surface area contributed by atoms with Crippen molar-refractivity contribution in [1.82, 2.24) is 19.3 Å². The Labute approximate surface area is 156 Å². The van der Waals surface area contributed by atoms with Crippen LogP contribution in [0.25, 0.3) is 10.9 Å². The number of pyridine rings is 1. The van der Waals surface area contributed by atoms with Crippen LogP contribution >= 0.6 is 0 Å². The van der Waals surface area contributed by atoms with Gasteiger partial charge in [0.05, 0.1) is 19.2 Å². The van der Waals surface area contributed by atoms with Gasteiger partial charge in [0.1, 0.15) is 11.0 Å². The minimum absolute atomic E-state index is 0.207. The zero-order valence-electron chi connectivity index (χ0n) is 14.6. The molecule has 0 radical (unpaired) electrons. The van der Waals surface area contributed by atoms with Gasteiger partial charge in [-0.2, -0.15) is 4.31 Å². The lowest BCUT2D eigenvalue weighted by atomic mass is 10.2. The topological polar surface area (TPSA) is 94.5 Å². The van der Waals surface area contributed by atoms with E-state index in [1.54, 1.807) is 24.4 Å². The zero-order chi connectivity index (χ0) is 18.9. The predicted molar refractivity (Wildman–Crippen MR) is 98.1 cm³/mol. The molecule has 1 saturated heterocycles. The molecular weight excluding hydrogens is 368 g/mol. The zero-order valence-corrected chi connectivity index (χ0v) is 15.5. The van der Waals surface area contributed by atoms with Crippen molar-refractivity contribution < 1.29 is 17.9 Å². The molecule has 4 rings (SSSR count). The minimum atomic E-state index is -3.68. The highest BCUT2D eigenvalue weighted by molar-refractivity contribution is 7.89. The van der Waals surface area contributed by atoms with Crippen LogP contribution in [0.15, 0.2) is 53.8 Å². The molecule has 3 aromatic rings. The fourth-order valence-electron chi connectivity index (χ4n) is 3.13. The summed E-state index contributed by atoms with van der Waals surface area (Å²) in [4.78, 5) is 12.6. The van der Waals surface area contributed by atoms with E-state index in [2.05, 4.69) is 15.0 Å². The van der Waals surface area contributed by atoms with Gasteiger partial charge in [-0.15, -0.1) is 0 Å². The number of rotatable bonds is 5. The number of para-hydroxylation sites is 1. The van der Waals surface area contributed by atoms with E-state index in [1.165, 1.54) is 23.8 Å². The molecule has 1 aliphatic rings. The molecule has 8 nitrogen and oxygen atoms in total. The first-order valence-electron chi connectivity index (χ1n) is 8.45. The summed E-state index contributed by atoms with van der Waals surface area (Å²) in [5.41, 5.74) is 0.472. The Hall–Kier alpha value is -2.78. The van der Waals surface area contributed by atoms with Crippen molar-refractivity contribution in [3.63, 3.8) is 0 Å². The van der Waals surface area contributed by atoms with Gasteiger partial charge in [0, 0.05) is 30.5 Å². The first-order chi connectivity index (χ1) is 13.1. The number of methoxy groups -OCH3 is 1. The monoisotopic (exact) mass is 386 g/mol. The van der Waals surface area contributed by atoms with Crippen LogP contribution in [-0.4, -0.2) is 54.0 Å². The standard InChI is InChI=1S/C18H18N4O4S/c1-25-17-18(21-10-9-20-17)26-14-7-11-22(12-14)27(23,24)15-6-2-4-13-5-3-8-19-16(13)15/h2-6,8-10,14H,7,11-12H2,1H3. The summed E-state index contributed by atoms with van der Waals surface area (Å²) in [5, 5.41) is 0.787. The van der Waals surface area contributed by atoms with Gasteiger partial charge >= 0.3 is 0 Å². The van der Waals surface area contributed by atoms with Gasteiger partial charge in [-0.05, 0) is 18.6 Å². The first kappa shape index (κ1) is 17.6. The Morgan fingerprint density at radius 3 is 2.63 bits per heavy atom. The molecule has 0 spiro atoms. The van der Waals surface area contributed by atoms with Crippen molar-refractivity contribution in [1.29, 1.82) is 0 Å². The fraction of sp³-hybridized carbons (Fsp3) is 0.278. The minimum Gasteiger partial charge on any atom is -0.477 e. The van der Waals surface area contributed by atoms with Crippen LogP contribution in [0.5, 0.6) is 11.8 Å². The van der Waals surface area contributed by atoms with Crippen molar-refractivity contribution in [2.24, 2.45) is 0 Å². The van der Waals surface area contributed by atoms with Crippen molar-refractivity contribution in [3.05, 3.63) is 48.9 Å². The molecule has 1 aliphatic heterocycles. The average molecular weight is 386 g/mol. The second-order valence-corrected chi connectivity index (χ2v) is 8.00. The van der Waals surface area contributed by atoms with Crippen molar-refractivity contribution >= 4 is 20.9 Å². The molecular formula is C18H18N4O4S. The molecule has 0 saturated carbocycles. The Morgan fingerprint density at radius 1 is 1.04 bits per heavy atom. The first-order valence-corrected chi connectivity index (χ1v) is 9.89. The number of hydrogen-bond acceptors (Lipinski definition) is 7. The molecule has 9 heteroatoms.